The van der Waals surface area contributed by atoms with Gasteiger partial charge in [-0.1, -0.05) is 16.8 Å². The van der Waals surface area contributed by atoms with Gasteiger partial charge in [-0.3, -0.25) is 0 Å². The molecule has 0 atom stereocenters. The van der Waals surface area contributed by atoms with Crippen molar-refractivity contribution in [3.63, 3.8) is 0 Å². The van der Waals surface area contributed by atoms with Crippen molar-refractivity contribution >= 4 is 23.2 Å². The van der Waals surface area contributed by atoms with Gasteiger partial charge in [-0.25, -0.2) is 4.79 Å². The molecule has 4 heteroatoms. The quantitative estimate of drug-likeness (QED) is 0.292. The lowest BCUT2D eigenvalue weighted by Crippen LogP contribution is -1.88. The first-order chi connectivity index (χ1) is 3.27. The minimum Gasteiger partial charge on any atom is -0.318 e. The van der Waals surface area contributed by atoms with Gasteiger partial charge in [-0.05, 0) is 0 Å². The van der Waals surface area contributed by atoms with E-state index in [-0.39, 0.29) is 0 Å². The number of hydrogen-bond acceptors (Lipinski definition) is 3. The van der Waals surface area contributed by atoms with E-state index in [0.29, 0.717) is 0 Å². The van der Waals surface area contributed by atoms with Crippen LogP contribution in [-0.2, 0) is 9.63 Å². The van der Waals surface area contributed by atoms with Gasteiger partial charge in [0.15, 0.2) is 0 Å². The minimum absolute atomic E-state index is 0.475. The van der Waals surface area contributed by atoms with E-state index >= 15 is 0 Å². The Hall–Kier alpha value is -0.570. The minimum atomic E-state index is -0.475. The molecule has 7 heavy (non-hydrogen) atoms. The SMILES string of the molecule is CC(=O)O/N=C/Cl. The van der Waals surface area contributed by atoms with Gasteiger partial charge in [0.05, 0.1) is 0 Å². The summed E-state index contributed by atoms with van der Waals surface area (Å²) < 4.78 is 0. The predicted octanol–water partition coefficient (Wildman–Crippen LogP) is 0.732. The number of carbonyl (C=O) groups excluding carboxylic acids is 1. The maximum absolute atomic E-state index is 9.81. The second-order valence-corrected chi connectivity index (χ2v) is 0.981. The van der Waals surface area contributed by atoms with E-state index in [1.807, 2.05) is 0 Å². The predicted molar refractivity (Wildman–Crippen MR) is 26.1 cm³/mol. The highest BCUT2D eigenvalue weighted by Gasteiger charge is 1.82. The van der Waals surface area contributed by atoms with Gasteiger partial charge in [0.25, 0.3) is 0 Å². The normalized spacial score (nSPS) is 9.43. The first kappa shape index (κ1) is 6.43. The molecule has 0 saturated heterocycles. The largest absolute Gasteiger partial charge is 0.332 e. The van der Waals surface area contributed by atoms with E-state index in [1.165, 1.54) is 6.92 Å². The highest BCUT2D eigenvalue weighted by molar-refractivity contribution is 6.56. The zero-order chi connectivity index (χ0) is 5.70. The van der Waals surface area contributed by atoms with E-state index < -0.39 is 5.97 Å². The van der Waals surface area contributed by atoms with Crippen molar-refractivity contribution < 1.29 is 9.63 Å². The Balaban J connectivity index is 3.14. The van der Waals surface area contributed by atoms with Crippen LogP contribution in [0.5, 0.6) is 0 Å². The highest BCUT2D eigenvalue weighted by Crippen LogP contribution is 1.74. The van der Waals surface area contributed by atoms with E-state index in [0.717, 1.165) is 5.67 Å². The van der Waals surface area contributed by atoms with Crippen LogP contribution in [0.3, 0.4) is 0 Å². The molecule has 0 saturated carbocycles. The monoisotopic (exact) mass is 121 g/mol. The topological polar surface area (TPSA) is 38.7 Å². The molecule has 0 fully saturated rings. The number of carbonyl (C=O) groups is 1. The third-order valence-electron chi connectivity index (χ3n) is 0.221. The fraction of sp³-hybridized carbons (Fsp3) is 0.333. The van der Waals surface area contributed by atoms with Crippen molar-refractivity contribution in [2.75, 3.05) is 0 Å². The number of nitrogens with zero attached hydrogens (tertiary/aromatic N) is 1. The summed E-state index contributed by atoms with van der Waals surface area (Å²) in [5.74, 6) is -0.475. The average Bonchev–Trinajstić information content (AvgIpc) is 1.61. The number of halogens is 1. The van der Waals surface area contributed by atoms with Crippen molar-refractivity contribution in [1.82, 2.24) is 0 Å². The molecule has 0 amide bonds. The van der Waals surface area contributed by atoms with Crippen LogP contribution in [0.4, 0.5) is 0 Å². The molecule has 3 nitrogen and oxygen atoms in total. The van der Waals surface area contributed by atoms with E-state index in [9.17, 15) is 4.79 Å². The Bertz CT molecular complexity index is 90.9. The molecule has 0 aliphatic heterocycles. The van der Waals surface area contributed by atoms with Gasteiger partial charge in [0, 0.05) is 6.92 Å². The van der Waals surface area contributed by atoms with Crippen molar-refractivity contribution in [2.45, 2.75) is 6.92 Å². The Labute approximate surface area is 45.9 Å². The second kappa shape index (κ2) is 3.61. The smallest absolute Gasteiger partial charge is 0.318 e. The molecule has 0 N–H and O–H groups in total. The fourth-order valence-corrected chi connectivity index (χ4v) is 0.134. The lowest BCUT2D eigenvalue weighted by molar-refractivity contribution is -0.140. The third kappa shape index (κ3) is 5.43. The summed E-state index contributed by atoms with van der Waals surface area (Å²) in [5.41, 5.74) is 0.876. The summed E-state index contributed by atoms with van der Waals surface area (Å²) in [6.07, 6.45) is 0. The van der Waals surface area contributed by atoms with Crippen LogP contribution in [0.2, 0.25) is 0 Å². The van der Waals surface area contributed by atoms with Crippen molar-refractivity contribution in [3.8, 4) is 0 Å². The van der Waals surface area contributed by atoms with Crippen LogP contribution < -0.4 is 0 Å². The van der Waals surface area contributed by atoms with E-state index in [1.54, 1.807) is 0 Å². The van der Waals surface area contributed by atoms with Crippen LogP contribution in [0, 0.1) is 0 Å². The summed E-state index contributed by atoms with van der Waals surface area (Å²) in [4.78, 5) is 13.8. The summed E-state index contributed by atoms with van der Waals surface area (Å²) in [5, 5.41) is 2.96. The lowest BCUT2D eigenvalue weighted by Gasteiger charge is -1.82. The summed E-state index contributed by atoms with van der Waals surface area (Å²) in [6.45, 7) is 1.24. The van der Waals surface area contributed by atoms with Crippen LogP contribution in [0.15, 0.2) is 5.16 Å². The van der Waals surface area contributed by atoms with E-state index in [4.69, 9.17) is 11.6 Å². The molecule has 0 unspecified atom stereocenters. The first-order valence-electron chi connectivity index (χ1n) is 1.57. The highest BCUT2D eigenvalue weighted by atomic mass is 35.5. The van der Waals surface area contributed by atoms with Crippen LogP contribution >= 0.6 is 11.6 Å². The molecule has 0 aromatic carbocycles. The first-order valence-corrected chi connectivity index (χ1v) is 2.00. The molecule has 0 aliphatic carbocycles. The molecule has 0 aromatic heterocycles. The lowest BCUT2D eigenvalue weighted by atomic mass is 10.8. The second-order valence-electron chi connectivity index (χ2n) is 0.786. The summed E-state index contributed by atoms with van der Waals surface area (Å²) >= 11 is 4.88. The van der Waals surface area contributed by atoms with Crippen molar-refractivity contribution in [1.29, 1.82) is 0 Å². The third-order valence-corrected chi connectivity index (χ3v) is 0.301. The van der Waals surface area contributed by atoms with Gasteiger partial charge in [0.2, 0.25) is 0 Å². The molecule has 40 valence electrons. The van der Waals surface area contributed by atoms with Gasteiger partial charge in [-0.2, -0.15) is 0 Å². The van der Waals surface area contributed by atoms with Crippen LogP contribution in [0.1, 0.15) is 6.92 Å². The molecule has 0 radical (unpaired) electrons. The zero-order valence-electron chi connectivity index (χ0n) is 3.72. The standard InChI is InChI=1S/C3H4ClNO2/c1-3(6)7-5-2-4/h2H,1H3/b5-2+. The van der Waals surface area contributed by atoms with Crippen molar-refractivity contribution in [2.24, 2.45) is 5.16 Å². The molecular weight excluding hydrogens is 117 g/mol. The van der Waals surface area contributed by atoms with Gasteiger partial charge in [0.1, 0.15) is 5.67 Å². The Kier molecular flexibility index (Phi) is 3.32. The summed E-state index contributed by atoms with van der Waals surface area (Å²) in [6, 6.07) is 0. The summed E-state index contributed by atoms with van der Waals surface area (Å²) in [7, 11) is 0. The molecule has 0 rings (SSSR count). The molecular formula is C3H4ClNO2. The number of rotatable bonds is 1. The molecule has 0 aliphatic rings. The number of hydrogen-bond donors (Lipinski definition) is 0. The van der Waals surface area contributed by atoms with Crippen LogP contribution in [-0.4, -0.2) is 11.6 Å². The Morgan fingerprint density at radius 2 is 2.57 bits per heavy atom. The average molecular weight is 122 g/mol. The molecule has 0 aromatic rings. The number of oxime groups is 1. The molecule has 0 heterocycles. The fourth-order valence-electron chi connectivity index (χ4n) is 0.0941. The molecule has 0 spiro atoms. The van der Waals surface area contributed by atoms with E-state index in [2.05, 4.69) is 9.99 Å². The van der Waals surface area contributed by atoms with Gasteiger partial charge < -0.3 is 4.84 Å². The Morgan fingerprint density at radius 3 is 2.71 bits per heavy atom. The maximum atomic E-state index is 9.81. The zero-order valence-corrected chi connectivity index (χ0v) is 4.47. The van der Waals surface area contributed by atoms with Gasteiger partial charge >= 0.3 is 5.97 Å². The maximum Gasteiger partial charge on any atom is 0.332 e. The van der Waals surface area contributed by atoms with Crippen molar-refractivity contribution in [3.05, 3.63) is 0 Å². The molecule has 0 bridgehead atoms. The van der Waals surface area contributed by atoms with Crippen LogP contribution in [0.25, 0.3) is 0 Å². The Morgan fingerprint density at radius 1 is 2.00 bits per heavy atom. The van der Waals surface area contributed by atoms with Gasteiger partial charge in [-0.15, -0.1) is 0 Å².